The average Bonchev–Trinajstić information content (AvgIpc) is 2.39. The number of ether oxygens (including phenoxy) is 1. The zero-order valence-corrected chi connectivity index (χ0v) is 10.9. The van der Waals surface area contributed by atoms with E-state index in [1.165, 1.54) is 12.1 Å². The summed E-state index contributed by atoms with van der Waals surface area (Å²) in [6.45, 7) is 0.302. The molecule has 0 N–H and O–H groups in total. The summed E-state index contributed by atoms with van der Waals surface area (Å²) in [7, 11) is 0. The second kappa shape index (κ2) is 5.65. The number of nitriles is 1. The molecule has 18 heavy (non-hydrogen) atoms. The zero-order chi connectivity index (χ0) is 13.0. The SMILES string of the molecule is N#Cc1cc(Br)ccc1OCc1ccc(F)cc1. The summed E-state index contributed by atoms with van der Waals surface area (Å²) in [6.07, 6.45) is 0. The molecular weight excluding hydrogens is 297 g/mol. The fourth-order valence-corrected chi connectivity index (χ4v) is 1.82. The molecule has 90 valence electrons. The van der Waals surface area contributed by atoms with Gasteiger partial charge in [0.25, 0.3) is 0 Å². The highest BCUT2D eigenvalue weighted by atomic mass is 79.9. The first kappa shape index (κ1) is 12.6. The van der Waals surface area contributed by atoms with E-state index < -0.39 is 0 Å². The Bertz CT molecular complexity index is 590. The first-order chi connectivity index (χ1) is 8.69. The number of halogens is 2. The van der Waals surface area contributed by atoms with Gasteiger partial charge in [-0.15, -0.1) is 0 Å². The van der Waals surface area contributed by atoms with Gasteiger partial charge in [-0.05, 0) is 35.9 Å². The van der Waals surface area contributed by atoms with Crippen LogP contribution in [0.25, 0.3) is 0 Å². The number of hydrogen-bond acceptors (Lipinski definition) is 2. The third-order valence-electron chi connectivity index (χ3n) is 2.37. The van der Waals surface area contributed by atoms with Crippen molar-refractivity contribution in [1.29, 1.82) is 5.26 Å². The molecule has 0 radical (unpaired) electrons. The highest BCUT2D eigenvalue weighted by Gasteiger charge is 2.04. The molecule has 0 aromatic heterocycles. The quantitative estimate of drug-likeness (QED) is 0.857. The molecule has 2 aromatic carbocycles. The molecule has 0 aliphatic carbocycles. The molecule has 0 atom stereocenters. The minimum atomic E-state index is -0.278. The van der Waals surface area contributed by atoms with Crippen LogP contribution in [0.2, 0.25) is 0 Å². The minimum absolute atomic E-state index is 0.278. The molecule has 0 aliphatic heterocycles. The van der Waals surface area contributed by atoms with Crippen molar-refractivity contribution in [2.24, 2.45) is 0 Å². The van der Waals surface area contributed by atoms with Crippen molar-refractivity contribution >= 4 is 15.9 Å². The van der Waals surface area contributed by atoms with Gasteiger partial charge in [-0.1, -0.05) is 28.1 Å². The number of nitrogens with zero attached hydrogens (tertiary/aromatic N) is 1. The summed E-state index contributed by atoms with van der Waals surface area (Å²) in [5, 5.41) is 8.98. The normalized spacial score (nSPS) is 9.83. The van der Waals surface area contributed by atoms with E-state index >= 15 is 0 Å². The number of rotatable bonds is 3. The van der Waals surface area contributed by atoms with Crippen LogP contribution in [-0.4, -0.2) is 0 Å². The molecule has 0 amide bonds. The standard InChI is InChI=1S/C14H9BrFNO/c15-12-3-6-14(11(7-12)8-17)18-9-10-1-4-13(16)5-2-10/h1-7H,9H2. The summed E-state index contributed by atoms with van der Waals surface area (Å²) in [5.74, 6) is 0.241. The molecular formula is C14H9BrFNO. The molecule has 0 heterocycles. The van der Waals surface area contributed by atoms with Gasteiger partial charge in [0.15, 0.2) is 0 Å². The summed E-state index contributed by atoms with van der Waals surface area (Å²) < 4.78 is 19.1. The van der Waals surface area contributed by atoms with Crippen LogP contribution < -0.4 is 4.74 Å². The Morgan fingerprint density at radius 3 is 2.56 bits per heavy atom. The maximum absolute atomic E-state index is 12.7. The van der Waals surface area contributed by atoms with Gasteiger partial charge in [0, 0.05) is 4.47 Å². The lowest BCUT2D eigenvalue weighted by atomic mass is 10.2. The third kappa shape index (κ3) is 3.08. The smallest absolute Gasteiger partial charge is 0.137 e. The largest absolute Gasteiger partial charge is 0.488 e. The topological polar surface area (TPSA) is 33.0 Å². The Morgan fingerprint density at radius 1 is 1.17 bits per heavy atom. The van der Waals surface area contributed by atoms with Crippen molar-refractivity contribution in [3.05, 3.63) is 63.9 Å². The van der Waals surface area contributed by atoms with Crippen LogP contribution in [0.1, 0.15) is 11.1 Å². The van der Waals surface area contributed by atoms with Crippen LogP contribution in [0, 0.1) is 17.1 Å². The molecule has 2 nitrogen and oxygen atoms in total. The van der Waals surface area contributed by atoms with E-state index in [1.807, 2.05) is 0 Å². The Balaban J connectivity index is 2.11. The fourth-order valence-electron chi connectivity index (χ4n) is 1.46. The predicted molar refractivity (Wildman–Crippen MR) is 69.6 cm³/mol. The maximum atomic E-state index is 12.7. The van der Waals surface area contributed by atoms with E-state index in [-0.39, 0.29) is 5.82 Å². The molecule has 0 unspecified atom stereocenters. The maximum Gasteiger partial charge on any atom is 0.137 e. The monoisotopic (exact) mass is 305 g/mol. The van der Waals surface area contributed by atoms with Crippen LogP contribution in [0.5, 0.6) is 5.75 Å². The van der Waals surface area contributed by atoms with Gasteiger partial charge in [-0.2, -0.15) is 5.26 Å². The predicted octanol–water partition coefficient (Wildman–Crippen LogP) is 4.04. The van der Waals surface area contributed by atoms with Gasteiger partial charge >= 0.3 is 0 Å². The molecule has 2 aromatic rings. The Morgan fingerprint density at radius 2 is 1.89 bits per heavy atom. The molecule has 0 spiro atoms. The van der Waals surface area contributed by atoms with Crippen molar-refractivity contribution in [3.63, 3.8) is 0 Å². The van der Waals surface area contributed by atoms with Gasteiger partial charge in [-0.3, -0.25) is 0 Å². The van der Waals surface area contributed by atoms with Gasteiger partial charge in [-0.25, -0.2) is 4.39 Å². The molecule has 0 aliphatic rings. The second-order valence-electron chi connectivity index (χ2n) is 3.67. The van der Waals surface area contributed by atoms with Crippen LogP contribution in [0.15, 0.2) is 46.9 Å². The molecule has 0 saturated carbocycles. The summed E-state index contributed by atoms with van der Waals surface area (Å²) in [6, 6.07) is 13.4. The summed E-state index contributed by atoms with van der Waals surface area (Å²) >= 11 is 3.29. The lowest BCUT2D eigenvalue weighted by Crippen LogP contribution is -1.97. The highest BCUT2D eigenvalue weighted by molar-refractivity contribution is 9.10. The lowest BCUT2D eigenvalue weighted by Gasteiger charge is -2.08. The number of hydrogen-bond donors (Lipinski definition) is 0. The zero-order valence-electron chi connectivity index (χ0n) is 9.36. The summed E-state index contributed by atoms with van der Waals surface area (Å²) in [4.78, 5) is 0. The Kier molecular flexibility index (Phi) is 3.96. The van der Waals surface area contributed by atoms with Gasteiger partial charge < -0.3 is 4.74 Å². The van der Waals surface area contributed by atoms with Crippen molar-refractivity contribution < 1.29 is 9.13 Å². The van der Waals surface area contributed by atoms with Crippen LogP contribution in [0.3, 0.4) is 0 Å². The van der Waals surface area contributed by atoms with E-state index in [9.17, 15) is 4.39 Å². The summed E-state index contributed by atoms with van der Waals surface area (Å²) in [5.41, 5.74) is 1.31. The van der Waals surface area contributed by atoms with Crippen LogP contribution in [-0.2, 0) is 6.61 Å². The van der Waals surface area contributed by atoms with Crippen LogP contribution in [0.4, 0.5) is 4.39 Å². The van der Waals surface area contributed by atoms with E-state index in [2.05, 4.69) is 22.0 Å². The van der Waals surface area contributed by atoms with Crippen molar-refractivity contribution in [1.82, 2.24) is 0 Å². The minimum Gasteiger partial charge on any atom is -0.488 e. The van der Waals surface area contributed by atoms with E-state index in [0.717, 1.165) is 10.0 Å². The Labute approximate surface area is 113 Å². The molecule has 0 bridgehead atoms. The fraction of sp³-hybridized carbons (Fsp3) is 0.0714. The van der Waals surface area contributed by atoms with Gasteiger partial charge in [0.1, 0.15) is 24.2 Å². The molecule has 4 heteroatoms. The van der Waals surface area contributed by atoms with Gasteiger partial charge in [0.2, 0.25) is 0 Å². The van der Waals surface area contributed by atoms with Crippen LogP contribution >= 0.6 is 15.9 Å². The molecule has 0 fully saturated rings. The second-order valence-corrected chi connectivity index (χ2v) is 4.58. The van der Waals surface area contributed by atoms with E-state index in [4.69, 9.17) is 10.00 Å². The van der Waals surface area contributed by atoms with E-state index in [1.54, 1.807) is 30.3 Å². The first-order valence-electron chi connectivity index (χ1n) is 5.26. The van der Waals surface area contributed by atoms with Crippen molar-refractivity contribution in [2.45, 2.75) is 6.61 Å². The average molecular weight is 306 g/mol. The van der Waals surface area contributed by atoms with E-state index in [0.29, 0.717) is 17.9 Å². The highest BCUT2D eigenvalue weighted by Crippen LogP contribution is 2.23. The third-order valence-corrected chi connectivity index (χ3v) is 2.86. The lowest BCUT2D eigenvalue weighted by molar-refractivity contribution is 0.305. The van der Waals surface area contributed by atoms with Crippen molar-refractivity contribution in [2.75, 3.05) is 0 Å². The molecule has 0 saturated heterocycles. The Hall–Kier alpha value is -1.86. The molecule has 2 rings (SSSR count). The number of benzene rings is 2. The van der Waals surface area contributed by atoms with Gasteiger partial charge in [0.05, 0.1) is 5.56 Å². The van der Waals surface area contributed by atoms with Crippen molar-refractivity contribution in [3.8, 4) is 11.8 Å². The first-order valence-corrected chi connectivity index (χ1v) is 6.05.